The van der Waals surface area contributed by atoms with Crippen LogP contribution in [0.4, 0.5) is 13.2 Å². The molecule has 1 aliphatic heterocycles. The molecule has 1 aliphatic carbocycles. The summed E-state index contributed by atoms with van der Waals surface area (Å²) in [5.74, 6) is -1.06. The van der Waals surface area contributed by atoms with Crippen molar-refractivity contribution in [3.8, 4) is 0 Å². The second-order valence-corrected chi connectivity index (χ2v) is 13.2. The van der Waals surface area contributed by atoms with E-state index in [-0.39, 0.29) is 44.0 Å². The van der Waals surface area contributed by atoms with E-state index in [9.17, 15) is 31.2 Å². The summed E-state index contributed by atoms with van der Waals surface area (Å²) in [5, 5.41) is 3.30. The van der Waals surface area contributed by atoms with Crippen molar-refractivity contribution in [2.24, 2.45) is 0 Å². The van der Waals surface area contributed by atoms with Crippen LogP contribution < -0.4 is 5.32 Å². The van der Waals surface area contributed by atoms with Crippen LogP contribution in [0, 0.1) is 0 Å². The topological polar surface area (TPSA) is 101 Å². The van der Waals surface area contributed by atoms with Crippen molar-refractivity contribution in [1.29, 1.82) is 0 Å². The van der Waals surface area contributed by atoms with Gasteiger partial charge in [-0.3, -0.25) is 9.59 Å². The zero-order valence-corrected chi connectivity index (χ0v) is 21.5. The number of carbonyl (C=O) groups is 2. The highest BCUT2D eigenvalue weighted by atomic mass is 35.5. The highest BCUT2D eigenvalue weighted by Crippen LogP contribution is 2.53. The fourth-order valence-electron chi connectivity index (χ4n) is 4.37. The zero-order valence-electron chi connectivity index (χ0n) is 19.9. The SMILES string of the molecule is CC1Cn2c(cnc2C(=O)NCc2ccc(Cl)cc2)C(=O)N1CC1(S(=O)(=O)C(C)(C)C(F)(F)F)CC1. The molecule has 2 aliphatic rings. The molecule has 1 aromatic heterocycles. The van der Waals surface area contributed by atoms with Gasteiger partial charge in [-0.15, -0.1) is 0 Å². The van der Waals surface area contributed by atoms with Crippen LogP contribution in [-0.4, -0.2) is 62.9 Å². The number of sulfone groups is 1. The number of hydrogen-bond acceptors (Lipinski definition) is 5. The molecule has 2 amide bonds. The first-order valence-electron chi connectivity index (χ1n) is 11.3. The molecule has 13 heteroatoms. The number of nitrogens with one attached hydrogen (secondary N) is 1. The summed E-state index contributed by atoms with van der Waals surface area (Å²) < 4.78 is 63.7. The number of rotatable bonds is 7. The second-order valence-electron chi connectivity index (χ2n) is 9.86. The Bertz CT molecular complexity index is 1300. The van der Waals surface area contributed by atoms with Gasteiger partial charge in [0.05, 0.1) is 10.9 Å². The molecule has 2 heterocycles. The number of amides is 2. The molecule has 1 saturated carbocycles. The van der Waals surface area contributed by atoms with Gasteiger partial charge in [0.1, 0.15) is 5.69 Å². The molecular formula is C23H26ClF3N4O4S. The summed E-state index contributed by atoms with van der Waals surface area (Å²) in [6.45, 7) is 2.99. The predicted octanol–water partition coefficient (Wildman–Crippen LogP) is 3.60. The van der Waals surface area contributed by atoms with E-state index in [4.69, 9.17) is 11.6 Å². The average molecular weight is 547 g/mol. The van der Waals surface area contributed by atoms with Gasteiger partial charge >= 0.3 is 6.18 Å². The Kier molecular flexibility index (Phi) is 6.44. The monoisotopic (exact) mass is 546 g/mol. The van der Waals surface area contributed by atoms with Gasteiger partial charge in [0, 0.05) is 30.7 Å². The summed E-state index contributed by atoms with van der Waals surface area (Å²) in [5.41, 5.74) is 0.888. The van der Waals surface area contributed by atoms with Crippen molar-refractivity contribution in [1.82, 2.24) is 19.8 Å². The van der Waals surface area contributed by atoms with Gasteiger partial charge in [0.25, 0.3) is 11.8 Å². The molecule has 4 rings (SSSR count). The lowest BCUT2D eigenvalue weighted by Gasteiger charge is -2.39. The van der Waals surface area contributed by atoms with Crippen LogP contribution in [-0.2, 0) is 22.9 Å². The number of imidazole rings is 1. The summed E-state index contributed by atoms with van der Waals surface area (Å²) >= 11 is 5.87. The Labute approximate surface area is 211 Å². The van der Waals surface area contributed by atoms with E-state index in [2.05, 4.69) is 10.3 Å². The van der Waals surface area contributed by atoms with Crippen LogP contribution in [0.2, 0.25) is 5.02 Å². The van der Waals surface area contributed by atoms with Crippen LogP contribution in [0.1, 0.15) is 60.3 Å². The Morgan fingerprint density at radius 1 is 1.22 bits per heavy atom. The maximum atomic E-state index is 13.6. The lowest BCUT2D eigenvalue weighted by atomic mass is 10.1. The van der Waals surface area contributed by atoms with Crippen LogP contribution in [0.15, 0.2) is 30.5 Å². The number of aromatic nitrogens is 2. The van der Waals surface area contributed by atoms with Crippen molar-refractivity contribution in [2.75, 3.05) is 6.54 Å². The molecule has 1 atom stereocenters. The summed E-state index contributed by atoms with van der Waals surface area (Å²) in [4.78, 5) is 31.4. The van der Waals surface area contributed by atoms with E-state index < -0.39 is 43.4 Å². The van der Waals surface area contributed by atoms with E-state index in [1.807, 2.05) is 0 Å². The third-order valence-electron chi connectivity index (χ3n) is 7.07. The molecule has 36 heavy (non-hydrogen) atoms. The van der Waals surface area contributed by atoms with Crippen molar-refractivity contribution in [3.05, 3.63) is 52.6 Å². The first kappa shape index (κ1) is 26.5. The number of hydrogen-bond donors (Lipinski definition) is 1. The Balaban J connectivity index is 1.52. The van der Waals surface area contributed by atoms with Gasteiger partial charge < -0.3 is 14.8 Å². The van der Waals surface area contributed by atoms with E-state index >= 15 is 0 Å². The molecule has 2 aromatic rings. The summed E-state index contributed by atoms with van der Waals surface area (Å²) in [7, 11) is -4.67. The third-order valence-corrected chi connectivity index (χ3v) is 10.6. The van der Waals surface area contributed by atoms with E-state index in [0.29, 0.717) is 18.9 Å². The molecule has 0 spiro atoms. The number of nitrogens with zero attached hydrogens (tertiary/aromatic N) is 3. The van der Waals surface area contributed by atoms with E-state index in [0.717, 1.165) is 5.56 Å². The molecule has 1 unspecified atom stereocenters. The summed E-state index contributed by atoms with van der Waals surface area (Å²) in [6.07, 6.45) is -3.64. The summed E-state index contributed by atoms with van der Waals surface area (Å²) in [6, 6.07) is 6.34. The van der Waals surface area contributed by atoms with E-state index in [1.165, 1.54) is 15.7 Å². The fourth-order valence-corrected chi connectivity index (χ4v) is 6.83. The highest BCUT2D eigenvalue weighted by Gasteiger charge is 2.68. The number of alkyl halides is 3. The lowest BCUT2D eigenvalue weighted by molar-refractivity contribution is -0.153. The Hall–Kier alpha value is -2.60. The number of halogens is 4. The number of fused-ring (bicyclic) bond motifs is 1. The molecule has 0 saturated heterocycles. The van der Waals surface area contributed by atoms with E-state index in [1.54, 1.807) is 31.2 Å². The molecule has 0 bridgehead atoms. The first-order valence-corrected chi connectivity index (χ1v) is 13.2. The Morgan fingerprint density at radius 2 is 1.83 bits per heavy atom. The normalized spacial score (nSPS) is 19.7. The van der Waals surface area contributed by atoms with Gasteiger partial charge in [-0.2, -0.15) is 13.2 Å². The quantitative estimate of drug-likeness (QED) is 0.572. The minimum Gasteiger partial charge on any atom is -0.345 e. The van der Waals surface area contributed by atoms with Gasteiger partial charge in [-0.05, 0) is 51.3 Å². The predicted molar refractivity (Wildman–Crippen MR) is 126 cm³/mol. The molecule has 1 N–H and O–H groups in total. The molecule has 196 valence electrons. The van der Waals surface area contributed by atoms with Crippen molar-refractivity contribution in [3.63, 3.8) is 0 Å². The van der Waals surface area contributed by atoms with Crippen molar-refractivity contribution in [2.45, 2.75) is 68.4 Å². The third kappa shape index (κ3) is 4.27. The maximum absolute atomic E-state index is 13.6. The maximum Gasteiger partial charge on any atom is 0.407 e. The molecule has 1 fully saturated rings. The highest BCUT2D eigenvalue weighted by molar-refractivity contribution is 7.94. The van der Waals surface area contributed by atoms with Crippen molar-refractivity contribution >= 4 is 33.3 Å². The minimum absolute atomic E-state index is 0.0192. The lowest BCUT2D eigenvalue weighted by Crippen LogP contribution is -2.57. The Morgan fingerprint density at radius 3 is 2.39 bits per heavy atom. The van der Waals surface area contributed by atoms with Gasteiger partial charge in [-0.25, -0.2) is 13.4 Å². The zero-order chi connectivity index (χ0) is 26.7. The van der Waals surface area contributed by atoms with Crippen LogP contribution in [0.5, 0.6) is 0 Å². The van der Waals surface area contributed by atoms with Crippen LogP contribution in [0.25, 0.3) is 0 Å². The van der Waals surface area contributed by atoms with Crippen LogP contribution in [0.3, 0.4) is 0 Å². The molecule has 0 radical (unpaired) electrons. The fraction of sp³-hybridized carbons (Fsp3) is 0.522. The van der Waals surface area contributed by atoms with Gasteiger partial charge in [-0.1, -0.05) is 23.7 Å². The smallest absolute Gasteiger partial charge is 0.345 e. The average Bonchev–Trinajstić information content (AvgIpc) is 3.47. The largest absolute Gasteiger partial charge is 0.407 e. The van der Waals surface area contributed by atoms with Gasteiger partial charge in [0.15, 0.2) is 20.4 Å². The molecular weight excluding hydrogens is 521 g/mol. The second kappa shape index (κ2) is 8.76. The number of carbonyl (C=O) groups excluding carboxylic acids is 2. The van der Waals surface area contributed by atoms with Gasteiger partial charge in [0.2, 0.25) is 0 Å². The molecule has 1 aromatic carbocycles. The van der Waals surface area contributed by atoms with Crippen molar-refractivity contribution < 1.29 is 31.2 Å². The minimum atomic E-state index is -4.95. The molecule has 8 nitrogen and oxygen atoms in total. The van der Waals surface area contributed by atoms with Crippen LogP contribution >= 0.6 is 11.6 Å². The first-order chi connectivity index (χ1) is 16.6. The number of benzene rings is 1. The standard InChI is InChI=1S/C23H26ClF3N4O4S/c1-14-12-30-17(11-28-18(30)19(32)29-10-15-4-6-16(24)7-5-15)20(33)31(14)13-22(8-9-22)36(34,35)21(2,3)23(25,26)27/h4-7,11,14H,8-10,12-13H2,1-3H3,(H,29,32).